The van der Waals surface area contributed by atoms with E-state index in [0.717, 1.165) is 43.9 Å². The summed E-state index contributed by atoms with van der Waals surface area (Å²) in [5, 5.41) is 0. The van der Waals surface area contributed by atoms with E-state index in [1.807, 2.05) is 42.2 Å². The number of sulfonamides is 1. The van der Waals surface area contributed by atoms with Crippen LogP contribution in [0.25, 0.3) is 0 Å². The normalized spacial score (nSPS) is 15.3. The maximum absolute atomic E-state index is 12.7. The third kappa shape index (κ3) is 5.36. The maximum Gasteiger partial charge on any atom is 0.253 e. The second kappa shape index (κ2) is 8.97. The van der Waals surface area contributed by atoms with Crippen LogP contribution in [0, 0.1) is 6.92 Å². The first kappa shape index (κ1) is 21.3. The van der Waals surface area contributed by atoms with Gasteiger partial charge < -0.3 is 9.80 Å². The van der Waals surface area contributed by atoms with Gasteiger partial charge in [0.2, 0.25) is 10.0 Å². The first-order chi connectivity index (χ1) is 13.8. The number of anilines is 1. The van der Waals surface area contributed by atoms with Crippen molar-refractivity contribution in [2.45, 2.75) is 20.4 Å². The standard InChI is InChI=1S/C22H29N3O3S/c1-4-23-12-14-24(15-13-23)22(26)20-10-8-19(9-11-20)17-25(29(3,27)28)21-7-5-6-18(2)16-21/h5-11,16H,4,12-15,17H2,1-3H3. The number of carbonyl (C=O) groups excluding carboxylic acids is 1. The van der Waals surface area contributed by atoms with Crippen LogP contribution in [0.1, 0.15) is 28.4 Å². The molecule has 0 saturated carbocycles. The topological polar surface area (TPSA) is 60.9 Å². The van der Waals surface area contributed by atoms with Gasteiger partial charge in [-0.3, -0.25) is 9.10 Å². The molecule has 0 aromatic heterocycles. The SMILES string of the molecule is CCN1CCN(C(=O)c2ccc(CN(c3cccc(C)c3)S(C)(=O)=O)cc2)CC1. The lowest BCUT2D eigenvalue weighted by molar-refractivity contribution is 0.0643. The molecule has 1 amide bonds. The van der Waals surface area contributed by atoms with Crippen molar-refractivity contribution in [1.29, 1.82) is 0 Å². The predicted octanol–water partition coefficient (Wildman–Crippen LogP) is 2.74. The molecule has 7 heteroatoms. The highest BCUT2D eigenvalue weighted by molar-refractivity contribution is 7.92. The molecule has 1 saturated heterocycles. The first-order valence-corrected chi connectivity index (χ1v) is 11.8. The van der Waals surface area contributed by atoms with Gasteiger partial charge in [-0.25, -0.2) is 8.42 Å². The summed E-state index contributed by atoms with van der Waals surface area (Å²) in [6, 6.07) is 14.7. The van der Waals surface area contributed by atoms with Crippen LogP contribution in [-0.4, -0.2) is 63.1 Å². The lowest BCUT2D eigenvalue weighted by atomic mass is 10.1. The molecule has 1 aliphatic rings. The molecule has 2 aromatic rings. The number of aryl methyl sites for hydroxylation is 1. The molecule has 156 valence electrons. The zero-order valence-corrected chi connectivity index (χ0v) is 18.2. The van der Waals surface area contributed by atoms with Crippen molar-refractivity contribution in [3.8, 4) is 0 Å². The fraction of sp³-hybridized carbons (Fsp3) is 0.409. The van der Waals surface area contributed by atoms with Crippen molar-refractivity contribution < 1.29 is 13.2 Å². The quantitative estimate of drug-likeness (QED) is 0.728. The molecule has 3 rings (SSSR count). The number of benzene rings is 2. The number of hydrogen-bond acceptors (Lipinski definition) is 4. The summed E-state index contributed by atoms with van der Waals surface area (Å²) in [4.78, 5) is 17.0. The molecule has 0 N–H and O–H groups in total. The second-order valence-corrected chi connectivity index (χ2v) is 9.44. The van der Waals surface area contributed by atoms with Crippen LogP contribution in [0.4, 0.5) is 5.69 Å². The monoisotopic (exact) mass is 415 g/mol. The van der Waals surface area contributed by atoms with Gasteiger partial charge in [0.25, 0.3) is 5.91 Å². The van der Waals surface area contributed by atoms with Crippen molar-refractivity contribution in [2.75, 3.05) is 43.3 Å². The number of amides is 1. The van der Waals surface area contributed by atoms with E-state index in [1.165, 1.54) is 10.6 Å². The van der Waals surface area contributed by atoms with Crippen molar-refractivity contribution in [3.63, 3.8) is 0 Å². The van der Waals surface area contributed by atoms with Crippen LogP contribution in [0.15, 0.2) is 48.5 Å². The largest absolute Gasteiger partial charge is 0.336 e. The zero-order chi connectivity index (χ0) is 21.0. The molecule has 0 bridgehead atoms. The highest BCUT2D eigenvalue weighted by atomic mass is 32.2. The van der Waals surface area contributed by atoms with Gasteiger partial charge in [0.1, 0.15) is 0 Å². The van der Waals surface area contributed by atoms with E-state index in [0.29, 0.717) is 11.3 Å². The van der Waals surface area contributed by atoms with Crippen LogP contribution in [-0.2, 0) is 16.6 Å². The molecule has 0 radical (unpaired) electrons. The van der Waals surface area contributed by atoms with Crippen LogP contribution in [0.2, 0.25) is 0 Å². The molecule has 0 aliphatic carbocycles. The molecular formula is C22H29N3O3S. The molecule has 6 nitrogen and oxygen atoms in total. The molecule has 29 heavy (non-hydrogen) atoms. The lowest BCUT2D eigenvalue weighted by Gasteiger charge is -2.34. The molecule has 1 heterocycles. The number of nitrogens with zero attached hydrogens (tertiary/aromatic N) is 3. The molecule has 0 unspecified atom stereocenters. The number of hydrogen-bond donors (Lipinski definition) is 0. The van der Waals surface area contributed by atoms with Crippen molar-refractivity contribution in [1.82, 2.24) is 9.80 Å². The first-order valence-electron chi connectivity index (χ1n) is 9.93. The van der Waals surface area contributed by atoms with Gasteiger partial charge in [0.15, 0.2) is 0 Å². The van der Waals surface area contributed by atoms with Crippen molar-refractivity contribution in [3.05, 3.63) is 65.2 Å². The fourth-order valence-corrected chi connectivity index (χ4v) is 4.43. The third-order valence-corrected chi connectivity index (χ3v) is 6.46. The van der Waals surface area contributed by atoms with Gasteiger partial charge in [-0.05, 0) is 48.9 Å². The predicted molar refractivity (Wildman–Crippen MR) is 117 cm³/mol. The zero-order valence-electron chi connectivity index (χ0n) is 17.3. The van der Waals surface area contributed by atoms with E-state index >= 15 is 0 Å². The number of carbonyl (C=O) groups is 1. The Morgan fingerprint density at radius 1 is 1.03 bits per heavy atom. The van der Waals surface area contributed by atoms with Gasteiger partial charge in [-0.2, -0.15) is 0 Å². The molecule has 1 fully saturated rings. The molecule has 2 aromatic carbocycles. The van der Waals surface area contributed by atoms with Gasteiger partial charge in [0, 0.05) is 31.7 Å². The molecule has 1 aliphatic heterocycles. The van der Waals surface area contributed by atoms with Crippen LogP contribution < -0.4 is 4.31 Å². The average Bonchev–Trinajstić information content (AvgIpc) is 2.71. The fourth-order valence-electron chi connectivity index (χ4n) is 3.55. The minimum Gasteiger partial charge on any atom is -0.336 e. The number of rotatable bonds is 6. The van der Waals surface area contributed by atoms with Crippen LogP contribution in [0.5, 0.6) is 0 Å². The molecule has 0 atom stereocenters. The molecular weight excluding hydrogens is 386 g/mol. The van der Waals surface area contributed by atoms with E-state index in [4.69, 9.17) is 0 Å². The van der Waals surface area contributed by atoms with Gasteiger partial charge >= 0.3 is 0 Å². The summed E-state index contributed by atoms with van der Waals surface area (Å²) in [6.45, 7) is 8.59. The Kier molecular flexibility index (Phi) is 6.59. The Bertz CT molecular complexity index is 950. The highest BCUT2D eigenvalue weighted by Gasteiger charge is 2.22. The maximum atomic E-state index is 12.7. The Hall–Kier alpha value is -2.38. The van der Waals surface area contributed by atoms with Gasteiger partial charge in [0.05, 0.1) is 18.5 Å². The van der Waals surface area contributed by atoms with E-state index in [-0.39, 0.29) is 12.5 Å². The Labute approximate surface area is 173 Å². The Morgan fingerprint density at radius 3 is 2.24 bits per heavy atom. The van der Waals surface area contributed by atoms with E-state index in [9.17, 15) is 13.2 Å². The second-order valence-electron chi connectivity index (χ2n) is 7.53. The third-order valence-electron chi connectivity index (χ3n) is 5.32. The van der Waals surface area contributed by atoms with Crippen LogP contribution in [0.3, 0.4) is 0 Å². The highest BCUT2D eigenvalue weighted by Crippen LogP contribution is 2.22. The van der Waals surface area contributed by atoms with Crippen molar-refractivity contribution in [2.24, 2.45) is 0 Å². The molecule has 0 spiro atoms. The smallest absolute Gasteiger partial charge is 0.253 e. The van der Waals surface area contributed by atoms with E-state index in [1.54, 1.807) is 18.2 Å². The summed E-state index contributed by atoms with van der Waals surface area (Å²) >= 11 is 0. The van der Waals surface area contributed by atoms with Crippen LogP contribution >= 0.6 is 0 Å². The summed E-state index contributed by atoms with van der Waals surface area (Å²) in [5.74, 6) is 0.0333. The number of piperazine rings is 1. The summed E-state index contributed by atoms with van der Waals surface area (Å²) in [7, 11) is -3.43. The van der Waals surface area contributed by atoms with Gasteiger partial charge in [-0.1, -0.05) is 31.2 Å². The average molecular weight is 416 g/mol. The van der Waals surface area contributed by atoms with E-state index in [2.05, 4.69) is 11.8 Å². The summed E-state index contributed by atoms with van der Waals surface area (Å²) < 4.78 is 26.1. The lowest BCUT2D eigenvalue weighted by Crippen LogP contribution is -2.48. The Morgan fingerprint density at radius 2 is 1.69 bits per heavy atom. The minimum atomic E-state index is -3.43. The van der Waals surface area contributed by atoms with E-state index < -0.39 is 10.0 Å². The van der Waals surface area contributed by atoms with Crippen molar-refractivity contribution >= 4 is 21.6 Å². The number of likely N-dealkylation sites (N-methyl/N-ethyl adjacent to an activating group) is 1. The Balaban J connectivity index is 1.73. The summed E-state index contributed by atoms with van der Waals surface area (Å²) in [6.07, 6.45) is 1.21. The van der Waals surface area contributed by atoms with Gasteiger partial charge in [-0.15, -0.1) is 0 Å². The minimum absolute atomic E-state index is 0.0333. The summed E-state index contributed by atoms with van der Waals surface area (Å²) in [5.41, 5.74) is 3.12.